The smallest absolute Gasteiger partial charge is 0.334 e. The van der Waals surface area contributed by atoms with Crippen LogP contribution in [0.25, 0.3) is 0 Å². The molecule has 26 heavy (non-hydrogen) atoms. The van der Waals surface area contributed by atoms with Gasteiger partial charge in [-0.3, -0.25) is 0 Å². The predicted molar refractivity (Wildman–Crippen MR) is 93.7 cm³/mol. The maximum Gasteiger partial charge on any atom is 0.416 e. The molecule has 1 rings (SSSR count). The molecule has 1 aromatic carbocycles. The van der Waals surface area contributed by atoms with Crippen LogP contribution in [0.3, 0.4) is 0 Å². The summed E-state index contributed by atoms with van der Waals surface area (Å²) in [7, 11) is 0. The lowest BCUT2D eigenvalue weighted by molar-refractivity contribution is -0.137. The van der Waals surface area contributed by atoms with Crippen molar-refractivity contribution in [1.82, 2.24) is 15.3 Å². The first-order chi connectivity index (χ1) is 12.2. The van der Waals surface area contributed by atoms with E-state index >= 15 is 0 Å². The summed E-state index contributed by atoms with van der Waals surface area (Å²) in [5, 5.41) is 13.4. The van der Waals surface area contributed by atoms with E-state index in [0.29, 0.717) is 31.6 Å². The van der Waals surface area contributed by atoms with Crippen LogP contribution in [-0.2, 0) is 12.7 Å². The van der Waals surface area contributed by atoms with Gasteiger partial charge >= 0.3 is 12.2 Å². The number of benzene rings is 1. The molecule has 0 bridgehead atoms. The molecule has 5 nitrogen and oxygen atoms in total. The van der Waals surface area contributed by atoms with E-state index in [1.54, 1.807) is 11.0 Å². The Balaban J connectivity index is 2.62. The molecule has 0 saturated heterocycles. The maximum absolute atomic E-state index is 12.6. The average molecular weight is 373 g/mol. The van der Waals surface area contributed by atoms with Crippen molar-refractivity contribution in [2.45, 2.75) is 39.0 Å². The van der Waals surface area contributed by atoms with E-state index in [-0.39, 0.29) is 18.6 Å². The minimum atomic E-state index is -4.38. The minimum absolute atomic E-state index is 0.123. The molecule has 1 atom stereocenters. The highest BCUT2D eigenvalue weighted by Gasteiger charge is 2.30. The van der Waals surface area contributed by atoms with Gasteiger partial charge in [0.2, 0.25) is 0 Å². The third kappa shape index (κ3) is 7.05. The molecule has 2 amide bonds. The first kappa shape index (κ1) is 22.0. The van der Waals surface area contributed by atoms with Gasteiger partial charge in [0.25, 0.3) is 0 Å². The fourth-order valence-corrected chi connectivity index (χ4v) is 2.34. The Morgan fingerprint density at radius 3 is 2.46 bits per heavy atom. The lowest BCUT2D eigenvalue weighted by Crippen LogP contribution is -2.45. The van der Waals surface area contributed by atoms with Crippen LogP contribution in [0.15, 0.2) is 36.9 Å². The number of hydrogen-bond donors (Lipinski definition) is 2. The molecule has 0 aliphatic heterocycles. The van der Waals surface area contributed by atoms with Crippen molar-refractivity contribution in [2.75, 3.05) is 19.6 Å². The van der Waals surface area contributed by atoms with Crippen LogP contribution >= 0.6 is 0 Å². The average Bonchev–Trinajstić information content (AvgIpc) is 2.61. The Bertz CT molecular complexity index is 576. The molecule has 0 aliphatic rings. The molecule has 0 saturated carbocycles. The number of carbonyl (C=O) groups excluding carboxylic acids is 1. The summed E-state index contributed by atoms with van der Waals surface area (Å²) in [6.45, 7) is 8.70. The van der Waals surface area contributed by atoms with E-state index in [1.165, 1.54) is 17.2 Å². The SMILES string of the molecule is C=CCN(C(=O)NCc1ccc(C(F)(F)F)cc1)C(C)CCN(O)CC. The second-order valence-electron chi connectivity index (χ2n) is 5.98. The van der Waals surface area contributed by atoms with Crippen molar-refractivity contribution in [3.63, 3.8) is 0 Å². The summed E-state index contributed by atoms with van der Waals surface area (Å²) in [6, 6.07) is 4.20. The van der Waals surface area contributed by atoms with E-state index in [1.807, 2.05) is 13.8 Å². The Morgan fingerprint density at radius 1 is 1.35 bits per heavy atom. The molecule has 2 N–H and O–H groups in total. The summed E-state index contributed by atoms with van der Waals surface area (Å²) in [6.07, 6.45) is -2.20. The van der Waals surface area contributed by atoms with E-state index in [4.69, 9.17) is 0 Å². The van der Waals surface area contributed by atoms with Crippen LogP contribution in [0.2, 0.25) is 0 Å². The van der Waals surface area contributed by atoms with Gasteiger partial charge in [-0.25, -0.2) is 4.79 Å². The molecular weight excluding hydrogens is 347 g/mol. The van der Waals surface area contributed by atoms with Crippen molar-refractivity contribution in [3.05, 3.63) is 48.0 Å². The number of carbonyl (C=O) groups is 1. The molecule has 0 spiro atoms. The number of rotatable bonds is 9. The summed E-state index contributed by atoms with van der Waals surface area (Å²) >= 11 is 0. The summed E-state index contributed by atoms with van der Waals surface area (Å²) in [4.78, 5) is 14.0. The van der Waals surface area contributed by atoms with Crippen molar-refractivity contribution < 1.29 is 23.2 Å². The van der Waals surface area contributed by atoms with Crippen molar-refractivity contribution >= 4 is 6.03 Å². The number of urea groups is 1. The Labute approximate surface area is 152 Å². The number of hydroxylamine groups is 2. The van der Waals surface area contributed by atoms with Crippen molar-refractivity contribution in [1.29, 1.82) is 0 Å². The van der Waals surface area contributed by atoms with Gasteiger partial charge in [0.1, 0.15) is 0 Å². The number of hydrogen-bond acceptors (Lipinski definition) is 3. The summed E-state index contributed by atoms with van der Waals surface area (Å²) in [5.41, 5.74) is -0.149. The number of nitrogens with one attached hydrogen (secondary N) is 1. The molecular formula is C18H26F3N3O2. The fourth-order valence-electron chi connectivity index (χ4n) is 2.34. The normalized spacial score (nSPS) is 12.7. The first-order valence-corrected chi connectivity index (χ1v) is 8.44. The molecule has 0 fully saturated rings. The van der Waals surface area contributed by atoms with Gasteiger partial charge in [-0.2, -0.15) is 18.2 Å². The number of nitrogens with zero attached hydrogens (tertiary/aromatic N) is 2. The lowest BCUT2D eigenvalue weighted by atomic mass is 10.1. The minimum Gasteiger partial charge on any atom is -0.334 e. The molecule has 0 heterocycles. The Kier molecular flexibility index (Phi) is 8.60. The van der Waals surface area contributed by atoms with E-state index in [9.17, 15) is 23.2 Å². The molecule has 0 radical (unpaired) electrons. The zero-order valence-corrected chi connectivity index (χ0v) is 15.1. The van der Waals surface area contributed by atoms with Crippen LogP contribution in [0.5, 0.6) is 0 Å². The van der Waals surface area contributed by atoms with Crippen molar-refractivity contribution in [2.24, 2.45) is 0 Å². The van der Waals surface area contributed by atoms with Crippen LogP contribution in [0.1, 0.15) is 31.4 Å². The first-order valence-electron chi connectivity index (χ1n) is 8.44. The van der Waals surface area contributed by atoms with Gasteiger partial charge < -0.3 is 15.4 Å². The Morgan fingerprint density at radius 2 is 1.96 bits per heavy atom. The summed E-state index contributed by atoms with van der Waals surface area (Å²) < 4.78 is 37.7. The van der Waals surface area contributed by atoms with Crippen LogP contribution in [-0.4, -0.2) is 46.9 Å². The monoisotopic (exact) mass is 373 g/mol. The van der Waals surface area contributed by atoms with E-state index in [2.05, 4.69) is 11.9 Å². The van der Waals surface area contributed by atoms with E-state index in [0.717, 1.165) is 12.1 Å². The lowest BCUT2D eigenvalue weighted by Gasteiger charge is -2.29. The number of amides is 2. The van der Waals surface area contributed by atoms with Gasteiger partial charge in [0.05, 0.1) is 5.56 Å². The van der Waals surface area contributed by atoms with Crippen LogP contribution < -0.4 is 5.32 Å². The second kappa shape index (κ2) is 10.2. The molecule has 0 aliphatic carbocycles. The fraction of sp³-hybridized carbons (Fsp3) is 0.500. The zero-order chi connectivity index (χ0) is 19.7. The van der Waals surface area contributed by atoms with Gasteiger partial charge in [-0.15, -0.1) is 6.58 Å². The van der Waals surface area contributed by atoms with Crippen molar-refractivity contribution in [3.8, 4) is 0 Å². The highest BCUT2D eigenvalue weighted by molar-refractivity contribution is 5.74. The highest BCUT2D eigenvalue weighted by Crippen LogP contribution is 2.29. The topological polar surface area (TPSA) is 55.8 Å². The Hall–Kier alpha value is -2.06. The quantitative estimate of drug-likeness (QED) is 0.510. The number of alkyl halides is 3. The van der Waals surface area contributed by atoms with Crippen LogP contribution in [0.4, 0.5) is 18.0 Å². The van der Waals surface area contributed by atoms with Gasteiger partial charge in [-0.1, -0.05) is 25.1 Å². The van der Waals surface area contributed by atoms with E-state index < -0.39 is 11.7 Å². The third-order valence-electron chi connectivity index (χ3n) is 4.01. The largest absolute Gasteiger partial charge is 0.416 e. The molecule has 0 aromatic heterocycles. The number of halogens is 3. The van der Waals surface area contributed by atoms with Gasteiger partial charge in [0.15, 0.2) is 0 Å². The van der Waals surface area contributed by atoms with Gasteiger partial charge in [0, 0.05) is 32.2 Å². The predicted octanol–water partition coefficient (Wildman–Crippen LogP) is 3.89. The molecule has 8 heteroatoms. The zero-order valence-electron chi connectivity index (χ0n) is 15.1. The van der Waals surface area contributed by atoms with Gasteiger partial charge in [-0.05, 0) is 31.0 Å². The summed E-state index contributed by atoms with van der Waals surface area (Å²) in [5.74, 6) is 0. The molecule has 1 unspecified atom stereocenters. The highest BCUT2D eigenvalue weighted by atomic mass is 19.4. The standard InChI is InChI=1S/C18H26F3N3O2/c1-4-11-24(14(3)10-12-23(26)5-2)17(25)22-13-15-6-8-16(9-7-15)18(19,20)21/h4,6-9,14,26H,1,5,10-13H2,2-3H3,(H,22,25). The maximum atomic E-state index is 12.6. The third-order valence-corrected chi connectivity index (χ3v) is 4.01. The van der Waals surface area contributed by atoms with Crippen LogP contribution in [0, 0.1) is 0 Å². The molecule has 146 valence electrons. The molecule has 1 aromatic rings. The second-order valence-corrected chi connectivity index (χ2v) is 5.98.